The van der Waals surface area contributed by atoms with Crippen LogP contribution in [0.2, 0.25) is 0 Å². The lowest BCUT2D eigenvalue weighted by Gasteiger charge is -2.16. The van der Waals surface area contributed by atoms with E-state index >= 15 is 0 Å². The van der Waals surface area contributed by atoms with Gasteiger partial charge in [-0.05, 0) is 57.2 Å². The second kappa shape index (κ2) is 10.2. The predicted octanol–water partition coefficient (Wildman–Crippen LogP) is 3.17. The van der Waals surface area contributed by atoms with E-state index in [0.717, 1.165) is 0 Å². The Bertz CT molecular complexity index is 1380. The Morgan fingerprint density at radius 3 is 2.46 bits per heavy atom. The van der Waals surface area contributed by atoms with E-state index in [-0.39, 0.29) is 33.5 Å². The molecule has 1 aromatic heterocycles. The summed E-state index contributed by atoms with van der Waals surface area (Å²) in [6.07, 6.45) is 0. The number of amides is 1. The number of aromatic nitrogens is 2. The summed E-state index contributed by atoms with van der Waals surface area (Å²) in [5.74, 6) is -1.21. The molecular weight excluding hydrogens is 476 g/mol. The van der Waals surface area contributed by atoms with Crippen molar-refractivity contribution >= 4 is 27.6 Å². The average Bonchev–Trinajstić information content (AvgIpc) is 3.07. The van der Waals surface area contributed by atoms with Gasteiger partial charge in [-0.1, -0.05) is 6.07 Å². The predicted molar refractivity (Wildman–Crippen MR) is 128 cm³/mol. The Morgan fingerprint density at radius 1 is 1.14 bits per heavy atom. The van der Waals surface area contributed by atoms with E-state index < -0.39 is 27.9 Å². The highest BCUT2D eigenvalue weighted by Gasteiger charge is 2.25. The number of nitrogens with zero attached hydrogens (tertiary/aromatic N) is 2. The van der Waals surface area contributed by atoms with Gasteiger partial charge >= 0.3 is 5.97 Å². The molecule has 0 aliphatic heterocycles. The SMILES string of the molecule is COc1cccc(C(=O)Nc2ccc(Oc3c(C)c(C(=O)O)nn3C)c(S(=O)(=O)NC(C)C)c2)c1. The first-order chi connectivity index (χ1) is 16.4. The van der Waals surface area contributed by atoms with Gasteiger partial charge in [0.15, 0.2) is 5.69 Å². The molecular formula is C23H26N4O7S. The molecule has 1 amide bonds. The zero-order chi connectivity index (χ0) is 25.9. The average molecular weight is 503 g/mol. The second-order valence-corrected chi connectivity index (χ2v) is 9.62. The summed E-state index contributed by atoms with van der Waals surface area (Å²) in [4.78, 5) is 23.9. The lowest BCUT2D eigenvalue weighted by molar-refractivity contribution is 0.0688. The molecule has 0 saturated carbocycles. The van der Waals surface area contributed by atoms with Gasteiger partial charge < -0.3 is 19.9 Å². The molecule has 0 aliphatic carbocycles. The Morgan fingerprint density at radius 2 is 1.86 bits per heavy atom. The minimum Gasteiger partial charge on any atom is -0.497 e. The summed E-state index contributed by atoms with van der Waals surface area (Å²) in [6, 6.07) is 10.2. The molecule has 3 N–H and O–H groups in total. The van der Waals surface area contributed by atoms with Gasteiger partial charge in [-0.3, -0.25) is 4.79 Å². The van der Waals surface area contributed by atoms with Crippen LogP contribution in [0.4, 0.5) is 5.69 Å². The number of carbonyl (C=O) groups is 2. The van der Waals surface area contributed by atoms with E-state index in [1.165, 1.54) is 44.0 Å². The topological polar surface area (TPSA) is 149 Å². The van der Waals surface area contributed by atoms with Crippen LogP contribution < -0.4 is 19.5 Å². The van der Waals surface area contributed by atoms with Gasteiger partial charge in [0.25, 0.3) is 5.91 Å². The highest BCUT2D eigenvalue weighted by atomic mass is 32.2. The fourth-order valence-corrected chi connectivity index (χ4v) is 4.69. The summed E-state index contributed by atoms with van der Waals surface area (Å²) in [5, 5.41) is 15.9. The van der Waals surface area contributed by atoms with Crippen LogP contribution in [0.15, 0.2) is 47.4 Å². The van der Waals surface area contributed by atoms with Crippen molar-refractivity contribution in [1.29, 1.82) is 0 Å². The lowest BCUT2D eigenvalue weighted by atomic mass is 10.2. The molecule has 0 aliphatic rings. The van der Waals surface area contributed by atoms with Gasteiger partial charge in [-0.15, -0.1) is 0 Å². The van der Waals surface area contributed by atoms with Crippen LogP contribution in [0.1, 0.15) is 40.3 Å². The number of ether oxygens (including phenoxy) is 2. The fraction of sp³-hybridized carbons (Fsp3) is 0.261. The van der Waals surface area contributed by atoms with Crippen LogP contribution in [-0.4, -0.2) is 48.3 Å². The van der Waals surface area contributed by atoms with Crippen LogP contribution in [0.5, 0.6) is 17.4 Å². The third-order valence-corrected chi connectivity index (χ3v) is 6.52. The number of benzene rings is 2. The second-order valence-electron chi connectivity index (χ2n) is 7.93. The standard InChI is InChI=1S/C23H26N4O7S/c1-13(2)26-35(31,32)19-12-16(24-21(28)15-7-6-8-17(11-15)33-5)9-10-18(19)34-22-14(3)20(23(29)30)25-27(22)4/h6-13,26H,1-5H3,(H,24,28)(H,29,30). The monoisotopic (exact) mass is 502 g/mol. The van der Waals surface area contributed by atoms with Crippen molar-refractivity contribution in [3.63, 3.8) is 0 Å². The number of aryl methyl sites for hydroxylation is 1. The molecule has 0 bridgehead atoms. The Kier molecular flexibility index (Phi) is 7.46. The van der Waals surface area contributed by atoms with Crippen molar-refractivity contribution in [1.82, 2.24) is 14.5 Å². The van der Waals surface area contributed by atoms with E-state index in [9.17, 15) is 23.1 Å². The smallest absolute Gasteiger partial charge is 0.356 e. The number of rotatable bonds is 9. The van der Waals surface area contributed by atoms with Crippen LogP contribution >= 0.6 is 0 Å². The number of anilines is 1. The molecule has 3 aromatic rings. The number of methoxy groups -OCH3 is 1. The quantitative estimate of drug-likeness (QED) is 0.404. The van der Waals surface area contributed by atoms with Crippen LogP contribution in [0, 0.1) is 6.92 Å². The molecule has 2 aromatic carbocycles. The minimum absolute atomic E-state index is 0.0663. The number of hydrogen-bond acceptors (Lipinski definition) is 7. The van der Waals surface area contributed by atoms with Crippen LogP contribution in [-0.2, 0) is 17.1 Å². The van der Waals surface area contributed by atoms with Gasteiger partial charge in [-0.25, -0.2) is 22.6 Å². The molecule has 35 heavy (non-hydrogen) atoms. The molecule has 186 valence electrons. The maximum Gasteiger partial charge on any atom is 0.356 e. The van der Waals surface area contributed by atoms with Gasteiger partial charge in [0, 0.05) is 29.9 Å². The molecule has 0 radical (unpaired) electrons. The van der Waals surface area contributed by atoms with Gasteiger partial charge in [0.1, 0.15) is 16.4 Å². The molecule has 0 saturated heterocycles. The maximum atomic E-state index is 13.1. The summed E-state index contributed by atoms with van der Waals surface area (Å²) in [7, 11) is -1.10. The molecule has 0 unspecified atom stereocenters. The van der Waals surface area contributed by atoms with Crippen molar-refractivity contribution in [2.75, 3.05) is 12.4 Å². The molecule has 3 rings (SSSR count). The summed E-state index contributed by atoms with van der Waals surface area (Å²) >= 11 is 0. The molecule has 0 atom stereocenters. The number of sulfonamides is 1. The first-order valence-corrected chi connectivity index (χ1v) is 12.0. The number of carboxylic acid groups (broad SMARTS) is 1. The summed E-state index contributed by atoms with van der Waals surface area (Å²) in [5.41, 5.74) is 0.549. The van der Waals surface area contributed by atoms with E-state index in [1.807, 2.05) is 0 Å². The Labute approximate surface area is 202 Å². The minimum atomic E-state index is -4.07. The molecule has 11 nitrogen and oxygen atoms in total. The summed E-state index contributed by atoms with van der Waals surface area (Å²) in [6.45, 7) is 4.84. The molecule has 12 heteroatoms. The van der Waals surface area contributed by atoms with E-state index in [1.54, 1.807) is 38.1 Å². The molecule has 0 fully saturated rings. The Balaban J connectivity index is 2.02. The number of nitrogens with one attached hydrogen (secondary N) is 2. The summed E-state index contributed by atoms with van der Waals surface area (Å²) < 4.78 is 40.9. The van der Waals surface area contributed by atoms with Crippen molar-refractivity contribution in [3.05, 3.63) is 59.3 Å². The highest BCUT2D eigenvalue weighted by Crippen LogP contribution is 2.34. The molecule has 1 heterocycles. The first kappa shape index (κ1) is 25.7. The lowest BCUT2D eigenvalue weighted by Crippen LogP contribution is -2.30. The zero-order valence-corrected chi connectivity index (χ0v) is 20.6. The van der Waals surface area contributed by atoms with E-state index in [0.29, 0.717) is 11.3 Å². The van der Waals surface area contributed by atoms with Gasteiger partial charge in [0.05, 0.1) is 7.11 Å². The van der Waals surface area contributed by atoms with Crippen molar-refractivity contribution < 1.29 is 32.6 Å². The third kappa shape index (κ3) is 5.78. The van der Waals surface area contributed by atoms with Gasteiger partial charge in [-0.2, -0.15) is 5.10 Å². The van der Waals surface area contributed by atoms with Crippen molar-refractivity contribution in [2.24, 2.45) is 7.05 Å². The third-order valence-electron chi connectivity index (χ3n) is 4.84. The van der Waals surface area contributed by atoms with E-state index in [2.05, 4.69) is 15.1 Å². The normalized spacial score (nSPS) is 11.4. The number of carboxylic acids is 1. The number of hydrogen-bond donors (Lipinski definition) is 3. The number of aromatic carboxylic acids is 1. The Hall–Kier alpha value is -3.90. The van der Waals surface area contributed by atoms with Crippen molar-refractivity contribution in [3.8, 4) is 17.4 Å². The number of carbonyl (C=O) groups excluding carboxylic acids is 1. The largest absolute Gasteiger partial charge is 0.497 e. The van der Waals surface area contributed by atoms with E-state index in [4.69, 9.17) is 9.47 Å². The molecule has 0 spiro atoms. The maximum absolute atomic E-state index is 13.1. The van der Waals surface area contributed by atoms with Gasteiger partial charge in [0.2, 0.25) is 15.9 Å². The van der Waals surface area contributed by atoms with Crippen molar-refractivity contribution in [2.45, 2.75) is 31.7 Å². The first-order valence-electron chi connectivity index (χ1n) is 10.5. The van der Waals surface area contributed by atoms with Crippen LogP contribution in [0.3, 0.4) is 0 Å². The zero-order valence-electron chi connectivity index (χ0n) is 19.8. The van der Waals surface area contributed by atoms with Crippen LogP contribution in [0.25, 0.3) is 0 Å². The fourth-order valence-electron chi connectivity index (χ4n) is 3.29. The highest BCUT2D eigenvalue weighted by molar-refractivity contribution is 7.89.